The highest BCUT2D eigenvalue weighted by Crippen LogP contribution is 2.63. The summed E-state index contributed by atoms with van der Waals surface area (Å²) < 4.78 is 0. The Balaban J connectivity index is 2.16. The summed E-state index contributed by atoms with van der Waals surface area (Å²) in [5.41, 5.74) is 2.96. The van der Waals surface area contributed by atoms with E-state index in [0.717, 1.165) is 5.90 Å². The van der Waals surface area contributed by atoms with Crippen molar-refractivity contribution in [1.82, 2.24) is 0 Å². The van der Waals surface area contributed by atoms with Crippen molar-refractivity contribution in [3.05, 3.63) is 82.4 Å². The second-order valence-corrected chi connectivity index (χ2v) is 12.6. The van der Waals surface area contributed by atoms with E-state index in [2.05, 4.69) is 88.4 Å². The zero-order valence-corrected chi connectivity index (χ0v) is 16.7. The van der Waals surface area contributed by atoms with Crippen molar-refractivity contribution in [3.8, 4) is 0 Å². The summed E-state index contributed by atoms with van der Waals surface area (Å²) in [7, 11) is 5.03. The predicted molar refractivity (Wildman–Crippen MR) is 113 cm³/mol. The highest BCUT2D eigenvalue weighted by atomic mass is 31.2. The maximum absolute atomic E-state index is 7.22. The predicted octanol–water partition coefficient (Wildman–Crippen LogP) is 5.62. The molecule has 0 aliphatic rings. The average molecular weight is 349 g/mol. The first-order valence-electron chi connectivity index (χ1n) is 8.36. The minimum absolute atomic E-state index is 0.298. The number of hydrogen-bond acceptors (Lipinski definition) is 0. The molecule has 3 rings (SSSR count). The smallest absolute Gasteiger partial charge is 0.0806 e. The Morgan fingerprint density at radius 2 is 1.08 bits per heavy atom. The normalized spacial score (nSPS) is 11.7. The van der Waals surface area contributed by atoms with Gasteiger partial charge in [0.05, 0.1) is 16.5 Å². The van der Waals surface area contributed by atoms with Gasteiger partial charge in [0.2, 0.25) is 0 Å². The summed E-state index contributed by atoms with van der Waals surface area (Å²) in [6.07, 6.45) is 0. The van der Waals surface area contributed by atoms with Gasteiger partial charge in [0, 0.05) is 7.14 Å². The first-order valence-corrected chi connectivity index (χ1v) is 11.9. The molecule has 0 aliphatic heterocycles. The molecule has 2 aromatic carbocycles. The van der Waals surface area contributed by atoms with Crippen molar-refractivity contribution in [2.45, 2.75) is 33.6 Å². The molecular weight excluding hydrogens is 325 g/mol. The topological polar surface area (TPSA) is 0 Å². The molecule has 0 N–H and O–H groups in total. The van der Waals surface area contributed by atoms with Crippen LogP contribution in [-0.4, -0.2) is 7.57 Å². The molecule has 24 heavy (non-hydrogen) atoms. The van der Waals surface area contributed by atoms with E-state index in [-0.39, 0.29) is 7.53 Å². The van der Waals surface area contributed by atoms with Crippen molar-refractivity contribution >= 4 is 32.8 Å². The zero-order valence-electron chi connectivity index (χ0n) is 15.0. The van der Waals surface area contributed by atoms with Crippen LogP contribution in [0, 0.1) is 27.7 Å². The Kier molecular flexibility index (Phi) is 5.05. The Morgan fingerprint density at radius 3 is 1.46 bits per heavy atom. The molecule has 3 heteroatoms. The van der Waals surface area contributed by atoms with Gasteiger partial charge >= 0.3 is 7.57 Å². The molecule has 3 aromatic rings. The third kappa shape index (κ3) is 3.01. The molecule has 0 bridgehead atoms. The third-order valence-corrected chi connectivity index (χ3v) is 12.9. The molecule has 0 aliphatic carbocycles. The molecule has 0 unspecified atom stereocenters. The van der Waals surface area contributed by atoms with Crippen molar-refractivity contribution in [1.29, 1.82) is 0 Å². The van der Waals surface area contributed by atoms with Gasteiger partial charge in [-0.25, -0.2) is 0 Å². The maximum atomic E-state index is 7.22. The van der Waals surface area contributed by atoms with Crippen LogP contribution in [0.3, 0.4) is 0 Å². The molecule has 0 spiro atoms. The molecule has 1 aromatic heterocycles. The lowest BCUT2D eigenvalue weighted by Crippen LogP contribution is -2.22. The lowest BCUT2D eigenvalue weighted by Gasteiger charge is -2.25. The van der Waals surface area contributed by atoms with Crippen LogP contribution < -0.4 is 10.6 Å². The molecule has 0 nitrogen and oxygen atoms in total. The summed E-state index contributed by atoms with van der Waals surface area (Å²) >= 11 is 0. The molecule has 1 heterocycles. The monoisotopic (exact) mass is 349 g/mol. The van der Waals surface area contributed by atoms with Gasteiger partial charge in [-0.3, -0.25) is 0 Å². The fraction of sp³-hybridized carbons (Fsp3) is 0.238. The van der Waals surface area contributed by atoms with E-state index < -0.39 is 7.14 Å². The second kappa shape index (κ2) is 6.91. The van der Waals surface area contributed by atoms with Gasteiger partial charge in [-0.05, 0) is 73.7 Å². The van der Waals surface area contributed by atoms with Crippen LogP contribution in [0.1, 0.15) is 21.7 Å². The molecule has 0 amide bonds. The Bertz CT molecular complexity index is 770. The van der Waals surface area contributed by atoms with Gasteiger partial charge in [0.1, 0.15) is 0 Å². The van der Waals surface area contributed by atoms with E-state index in [1.165, 1.54) is 21.7 Å². The van der Waals surface area contributed by atoms with Crippen LogP contribution in [-0.2, 0) is 5.90 Å². The summed E-state index contributed by atoms with van der Waals surface area (Å²) in [5, 5.41) is 5.73. The van der Waals surface area contributed by atoms with E-state index in [9.17, 15) is 0 Å². The van der Waals surface area contributed by atoms with Crippen molar-refractivity contribution in [3.63, 3.8) is 0 Å². The minimum atomic E-state index is -1.89. The van der Waals surface area contributed by atoms with Crippen LogP contribution in [0.25, 0.3) is 0 Å². The lowest BCUT2D eigenvalue weighted by molar-refractivity contribution is 1.32. The van der Waals surface area contributed by atoms with E-state index in [1.54, 1.807) is 10.6 Å². The second-order valence-electron chi connectivity index (χ2n) is 6.53. The van der Waals surface area contributed by atoms with E-state index in [1.807, 2.05) is 0 Å². The van der Waals surface area contributed by atoms with Crippen molar-refractivity contribution < 1.29 is 0 Å². The molecule has 2 radical (unpaired) electrons. The van der Waals surface area contributed by atoms with Crippen LogP contribution in [0.15, 0.2) is 60.7 Å². The molecule has 0 saturated heterocycles. The van der Waals surface area contributed by atoms with Crippen LogP contribution in [0.4, 0.5) is 0 Å². The Morgan fingerprint density at radius 1 is 0.708 bits per heavy atom. The van der Waals surface area contributed by atoms with Gasteiger partial charge < -0.3 is 0 Å². The molecular formula is C21H24BP2+. The lowest BCUT2D eigenvalue weighted by atomic mass is 10.2. The third-order valence-electron chi connectivity index (χ3n) is 5.26. The quantitative estimate of drug-likeness (QED) is 0.424. The van der Waals surface area contributed by atoms with Gasteiger partial charge in [0.25, 0.3) is 0 Å². The number of benzene rings is 2. The van der Waals surface area contributed by atoms with E-state index in [4.69, 9.17) is 7.57 Å². The van der Waals surface area contributed by atoms with Crippen LogP contribution in [0.5, 0.6) is 0 Å². The van der Waals surface area contributed by atoms with Gasteiger partial charge in [-0.15, -0.1) is 0 Å². The largest absolute Gasteiger partial charge is 0.378 e. The fourth-order valence-electron chi connectivity index (χ4n) is 3.33. The van der Waals surface area contributed by atoms with Crippen LogP contribution >= 0.6 is 14.7 Å². The molecule has 0 atom stereocenters. The van der Waals surface area contributed by atoms with Gasteiger partial charge in [-0.1, -0.05) is 43.9 Å². The summed E-state index contributed by atoms with van der Waals surface area (Å²) in [6, 6.07) is 21.5. The fourth-order valence-corrected chi connectivity index (χ4v) is 11.5. The first kappa shape index (κ1) is 17.5. The summed E-state index contributed by atoms with van der Waals surface area (Å²) in [6.45, 7) is 9.14. The standard InChI is InChI=1S/C21H24BP2/c1-16-17(2)19(4)23(18(16)3)15-24(22,20-11-7-5-8-12-20)21-13-9-6-10-14-21/h5-14H,15H2,1-4H3/q+1. The van der Waals surface area contributed by atoms with Crippen molar-refractivity contribution in [2.75, 3.05) is 0 Å². The zero-order chi connectivity index (χ0) is 17.3. The first-order chi connectivity index (χ1) is 11.4. The number of hydrogen-bond donors (Lipinski definition) is 0. The SMILES string of the molecule is [B][P+](Cp1c(C)c(C)c(C)c1C)(c1ccccc1)c1ccccc1. The summed E-state index contributed by atoms with van der Waals surface area (Å²) in [4.78, 5) is 0. The highest BCUT2D eigenvalue weighted by molar-refractivity contribution is 8.10. The molecule has 0 saturated carbocycles. The molecule has 0 fully saturated rings. The highest BCUT2D eigenvalue weighted by Gasteiger charge is 2.38. The van der Waals surface area contributed by atoms with E-state index >= 15 is 0 Å². The minimum Gasteiger partial charge on any atom is -0.0806 e. The Hall–Kier alpha value is -1.29. The van der Waals surface area contributed by atoms with Gasteiger partial charge in [0.15, 0.2) is 0 Å². The van der Waals surface area contributed by atoms with E-state index in [0.29, 0.717) is 0 Å². The Labute approximate surface area is 149 Å². The summed E-state index contributed by atoms with van der Waals surface area (Å²) in [5.74, 6) is 1.07. The molecule has 120 valence electrons. The van der Waals surface area contributed by atoms with Crippen LogP contribution in [0.2, 0.25) is 0 Å². The average Bonchev–Trinajstić information content (AvgIpc) is 2.81. The maximum Gasteiger partial charge on any atom is 0.378 e. The van der Waals surface area contributed by atoms with Gasteiger partial charge in [-0.2, -0.15) is 0 Å². The van der Waals surface area contributed by atoms with Crippen molar-refractivity contribution in [2.24, 2.45) is 0 Å². The number of rotatable bonds is 4.